The Morgan fingerprint density at radius 3 is 2.29 bits per heavy atom. The van der Waals surface area contributed by atoms with Gasteiger partial charge < -0.3 is 10.2 Å². The molecule has 1 saturated heterocycles. The number of carbonyl (C=O) groups excluding carboxylic acids is 1. The third kappa shape index (κ3) is 6.57. The van der Waals surface area contributed by atoms with Crippen LogP contribution < -0.4 is 5.32 Å². The molecule has 0 spiro atoms. The van der Waals surface area contributed by atoms with Crippen molar-refractivity contribution in [3.63, 3.8) is 0 Å². The summed E-state index contributed by atoms with van der Waals surface area (Å²) < 4.78 is 27.8. The fourth-order valence-corrected chi connectivity index (χ4v) is 5.38. The molecule has 0 aromatic heterocycles. The molecule has 0 unspecified atom stereocenters. The Morgan fingerprint density at radius 2 is 1.68 bits per heavy atom. The molecule has 10 heteroatoms. The lowest BCUT2D eigenvalue weighted by Gasteiger charge is -2.30. The van der Waals surface area contributed by atoms with Gasteiger partial charge in [0.25, 0.3) is 0 Å². The van der Waals surface area contributed by atoms with Crippen LogP contribution in [-0.2, 0) is 21.4 Å². The number of likely N-dealkylation sites (tertiary alicyclic amines) is 1. The maximum atomic E-state index is 13.3. The molecule has 1 heterocycles. The van der Waals surface area contributed by atoms with Crippen LogP contribution in [0, 0.1) is 0 Å². The number of nitrogens with zero attached hydrogens (tertiary/aromatic N) is 2. The van der Waals surface area contributed by atoms with Crippen LogP contribution in [0.5, 0.6) is 0 Å². The average Bonchev–Trinajstić information content (AvgIpc) is 2.71. The molecule has 168 valence electrons. The third-order valence-corrected chi connectivity index (χ3v) is 7.86. The molecule has 0 atom stereocenters. The SMILES string of the molecule is CN1CCC(NC(=O)CN(Cc2ccc(Cl)cc2Cl)S(=O)(=O)c2ccc(Cl)cc2)CC1. The minimum atomic E-state index is -3.97. The molecule has 2 aromatic rings. The van der Waals surface area contributed by atoms with Crippen LogP contribution in [-0.4, -0.2) is 56.3 Å². The first-order chi connectivity index (χ1) is 14.6. The van der Waals surface area contributed by atoms with Crippen molar-refractivity contribution in [3.8, 4) is 0 Å². The van der Waals surface area contributed by atoms with Gasteiger partial charge in [-0.05, 0) is 74.9 Å². The summed E-state index contributed by atoms with van der Waals surface area (Å²) in [5.74, 6) is -0.350. The molecule has 6 nitrogen and oxygen atoms in total. The van der Waals surface area contributed by atoms with Crippen LogP contribution in [0.2, 0.25) is 15.1 Å². The van der Waals surface area contributed by atoms with Crippen molar-refractivity contribution in [3.05, 3.63) is 63.1 Å². The standard InChI is InChI=1S/C21H24Cl3N3O3S/c1-26-10-8-18(9-11-26)25-21(28)14-27(13-15-2-3-17(23)12-20(15)24)31(29,30)19-6-4-16(22)5-7-19/h2-7,12,18H,8-11,13-14H2,1H3,(H,25,28). The number of rotatable bonds is 7. The number of piperidine rings is 1. The highest BCUT2D eigenvalue weighted by atomic mass is 35.5. The highest BCUT2D eigenvalue weighted by Crippen LogP contribution is 2.26. The molecule has 31 heavy (non-hydrogen) atoms. The summed E-state index contributed by atoms with van der Waals surface area (Å²) in [4.78, 5) is 15.0. The van der Waals surface area contributed by atoms with E-state index in [4.69, 9.17) is 34.8 Å². The number of sulfonamides is 1. The normalized spacial score (nSPS) is 15.9. The Hall–Kier alpha value is -1.35. The number of hydrogen-bond acceptors (Lipinski definition) is 4. The molecule has 0 aliphatic carbocycles. The van der Waals surface area contributed by atoms with Crippen LogP contribution in [0.25, 0.3) is 0 Å². The molecule has 1 N–H and O–H groups in total. The van der Waals surface area contributed by atoms with E-state index in [0.717, 1.165) is 30.2 Å². The van der Waals surface area contributed by atoms with Gasteiger partial charge in [-0.1, -0.05) is 40.9 Å². The van der Waals surface area contributed by atoms with E-state index in [1.807, 2.05) is 7.05 Å². The average molecular weight is 505 g/mol. The van der Waals surface area contributed by atoms with Gasteiger partial charge in [0.2, 0.25) is 15.9 Å². The van der Waals surface area contributed by atoms with Crippen LogP contribution in [0.3, 0.4) is 0 Å². The topological polar surface area (TPSA) is 69.7 Å². The lowest BCUT2D eigenvalue weighted by Crippen LogP contribution is -2.47. The first-order valence-electron chi connectivity index (χ1n) is 9.82. The zero-order valence-electron chi connectivity index (χ0n) is 17.0. The largest absolute Gasteiger partial charge is 0.352 e. The second-order valence-corrected chi connectivity index (χ2v) is 10.8. The van der Waals surface area contributed by atoms with Gasteiger partial charge >= 0.3 is 0 Å². The smallest absolute Gasteiger partial charge is 0.243 e. The minimum Gasteiger partial charge on any atom is -0.352 e. The van der Waals surface area contributed by atoms with E-state index in [1.54, 1.807) is 18.2 Å². The van der Waals surface area contributed by atoms with Crippen molar-refractivity contribution in [1.82, 2.24) is 14.5 Å². The van der Waals surface area contributed by atoms with Gasteiger partial charge in [-0.15, -0.1) is 0 Å². The first kappa shape index (κ1) is 24.3. The van der Waals surface area contributed by atoms with Crippen LogP contribution >= 0.6 is 34.8 Å². The number of nitrogens with one attached hydrogen (secondary N) is 1. The van der Waals surface area contributed by atoms with E-state index in [-0.39, 0.29) is 29.9 Å². The van der Waals surface area contributed by atoms with Crippen molar-refractivity contribution in [2.75, 3.05) is 26.7 Å². The third-order valence-electron chi connectivity index (χ3n) is 5.22. The zero-order chi connectivity index (χ0) is 22.6. The lowest BCUT2D eigenvalue weighted by molar-refractivity contribution is -0.122. The highest BCUT2D eigenvalue weighted by Gasteiger charge is 2.29. The van der Waals surface area contributed by atoms with E-state index in [1.165, 1.54) is 24.3 Å². The van der Waals surface area contributed by atoms with Crippen molar-refractivity contribution < 1.29 is 13.2 Å². The van der Waals surface area contributed by atoms with Crippen molar-refractivity contribution >= 4 is 50.7 Å². The van der Waals surface area contributed by atoms with Gasteiger partial charge in [-0.25, -0.2) is 8.42 Å². The van der Waals surface area contributed by atoms with Crippen molar-refractivity contribution in [2.24, 2.45) is 0 Å². The summed E-state index contributed by atoms with van der Waals surface area (Å²) in [5, 5.41) is 4.17. The Labute approximate surface area is 198 Å². The quantitative estimate of drug-likeness (QED) is 0.618. The Kier molecular flexibility index (Phi) is 8.24. The molecule has 0 bridgehead atoms. The highest BCUT2D eigenvalue weighted by molar-refractivity contribution is 7.89. The lowest BCUT2D eigenvalue weighted by atomic mass is 10.1. The second-order valence-electron chi connectivity index (χ2n) is 7.61. The van der Waals surface area contributed by atoms with Crippen LogP contribution in [0.1, 0.15) is 18.4 Å². The van der Waals surface area contributed by atoms with Crippen molar-refractivity contribution in [2.45, 2.75) is 30.3 Å². The minimum absolute atomic E-state index is 0.0305. The van der Waals surface area contributed by atoms with Gasteiger partial charge in [0.1, 0.15) is 0 Å². The van der Waals surface area contributed by atoms with Gasteiger partial charge in [0.05, 0.1) is 11.4 Å². The molecule has 1 fully saturated rings. The summed E-state index contributed by atoms with van der Waals surface area (Å²) in [6.45, 7) is 1.38. The van der Waals surface area contributed by atoms with Gasteiger partial charge in [0.15, 0.2) is 0 Å². The Balaban J connectivity index is 1.82. The second kappa shape index (κ2) is 10.5. The van der Waals surface area contributed by atoms with Crippen LogP contribution in [0.4, 0.5) is 0 Å². The van der Waals surface area contributed by atoms with E-state index in [0.29, 0.717) is 20.6 Å². The fraction of sp³-hybridized carbons (Fsp3) is 0.381. The summed E-state index contributed by atoms with van der Waals surface area (Å²) >= 11 is 18.1. The molecule has 3 rings (SSSR count). The Morgan fingerprint density at radius 1 is 1.06 bits per heavy atom. The van der Waals surface area contributed by atoms with Gasteiger partial charge in [0, 0.05) is 27.7 Å². The Bertz CT molecular complexity index is 1020. The number of halogens is 3. The maximum Gasteiger partial charge on any atom is 0.243 e. The van der Waals surface area contributed by atoms with E-state index in [2.05, 4.69) is 10.2 Å². The molecular weight excluding hydrogens is 481 g/mol. The number of amides is 1. The predicted octanol–water partition coefficient (Wildman–Crippen LogP) is 4.05. The predicted molar refractivity (Wildman–Crippen MR) is 124 cm³/mol. The van der Waals surface area contributed by atoms with Crippen molar-refractivity contribution in [1.29, 1.82) is 0 Å². The van der Waals surface area contributed by atoms with Crippen LogP contribution in [0.15, 0.2) is 47.4 Å². The number of hydrogen-bond donors (Lipinski definition) is 1. The van der Waals surface area contributed by atoms with Gasteiger partial charge in [-0.3, -0.25) is 4.79 Å². The molecule has 0 radical (unpaired) electrons. The van der Waals surface area contributed by atoms with Gasteiger partial charge in [-0.2, -0.15) is 4.31 Å². The first-order valence-corrected chi connectivity index (χ1v) is 12.4. The molecular formula is C21H24Cl3N3O3S. The molecule has 1 aliphatic heterocycles. The number of carbonyl (C=O) groups is 1. The molecule has 1 amide bonds. The zero-order valence-corrected chi connectivity index (χ0v) is 20.1. The fourth-order valence-electron chi connectivity index (χ4n) is 3.41. The summed E-state index contributed by atoms with van der Waals surface area (Å²) in [6, 6.07) is 10.7. The van der Waals surface area contributed by atoms with E-state index in [9.17, 15) is 13.2 Å². The summed E-state index contributed by atoms with van der Waals surface area (Å²) in [7, 11) is -1.94. The summed E-state index contributed by atoms with van der Waals surface area (Å²) in [6.07, 6.45) is 1.66. The monoisotopic (exact) mass is 503 g/mol. The maximum absolute atomic E-state index is 13.3. The van der Waals surface area contributed by atoms with E-state index >= 15 is 0 Å². The molecule has 2 aromatic carbocycles. The van der Waals surface area contributed by atoms with E-state index < -0.39 is 10.0 Å². The molecule has 0 saturated carbocycles. The molecule has 1 aliphatic rings. The summed E-state index contributed by atoms with van der Waals surface area (Å²) in [5.41, 5.74) is 0.552. The number of benzene rings is 2.